The zero-order chi connectivity index (χ0) is 21.1. The molecule has 0 spiro atoms. The average molecular weight is 436 g/mol. The number of aromatic nitrogens is 1. The largest absolute Gasteiger partial charge is 0.494 e. The first-order valence-corrected chi connectivity index (χ1v) is 9.72. The molecule has 0 fully saturated rings. The monoisotopic (exact) mass is 435 g/mol. The molecule has 0 aliphatic rings. The molecular formula is C21H19Cl2NO5. The smallest absolute Gasteiger partial charge is 0.341 e. The van der Waals surface area contributed by atoms with Gasteiger partial charge in [-0.05, 0) is 30.2 Å². The highest BCUT2D eigenvalue weighted by Gasteiger charge is 2.18. The van der Waals surface area contributed by atoms with Gasteiger partial charge in [-0.2, -0.15) is 0 Å². The molecule has 0 radical (unpaired) electrons. The van der Waals surface area contributed by atoms with Crippen LogP contribution in [0.1, 0.15) is 28.4 Å². The molecule has 3 aromatic rings. The second kappa shape index (κ2) is 8.86. The zero-order valence-corrected chi connectivity index (χ0v) is 17.1. The zero-order valence-electron chi connectivity index (χ0n) is 15.6. The minimum Gasteiger partial charge on any atom is -0.494 e. The number of fused-ring (bicyclic) bond motifs is 1. The summed E-state index contributed by atoms with van der Waals surface area (Å²) in [4.78, 5) is 24.3. The number of ether oxygens (including phenoxy) is 1. The molecule has 0 unspecified atom stereocenters. The van der Waals surface area contributed by atoms with Crippen molar-refractivity contribution in [3.8, 4) is 5.75 Å². The summed E-state index contributed by atoms with van der Waals surface area (Å²) < 4.78 is 7.31. The van der Waals surface area contributed by atoms with Gasteiger partial charge in [0.25, 0.3) is 0 Å². The van der Waals surface area contributed by atoms with Gasteiger partial charge < -0.3 is 19.5 Å². The molecule has 0 saturated heterocycles. The van der Waals surface area contributed by atoms with Crippen molar-refractivity contribution >= 4 is 40.1 Å². The lowest BCUT2D eigenvalue weighted by Crippen LogP contribution is -2.20. The lowest BCUT2D eigenvalue weighted by Gasteiger charge is -2.16. The molecule has 2 aromatic carbocycles. The van der Waals surface area contributed by atoms with Crippen LogP contribution in [0, 0.1) is 0 Å². The Bertz CT molecular complexity index is 1140. The van der Waals surface area contributed by atoms with E-state index in [4.69, 9.17) is 27.9 Å². The fraction of sp³-hybridized carbons (Fsp3) is 0.238. The second-order valence-electron chi connectivity index (χ2n) is 6.39. The van der Waals surface area contributed by atoms with E-state index >= 15 is 0 Å². The summed E-state index contributed by atoms with van der Waals surface area (Å²) in [6.45, 7) is 2.18. The number of benzene rings is 2. The molecule has 2 N–H and O–H groups in total. The Morgan fingerprint density at radius 2 is 1.97 bits per heavy atom. The van der Waals surface area contributed by atoms with Crippen molar-refractivity contribution in [1.29, 1.82) is 0 Å². The predicted octanol–water partition coefficient (Wildman–Crippen LogP) is 3.99. The highest BCUT2D eigenvalue weighted by molar-refractivity contribution is 6.42. The van der Waals surface area contributed by atoms with Crippen LogP contribution in [-0.2, 0) is 13.0 Å². The van der Waals surface area contributed by atoms with E-state index in [1.54, 1.807) is 28.8 Å². The molecule has 0 aliphatic heterocycles. The molecule has 152 valence electrons. The van der Waals surface area contributed by atoms with E-state index in [0.717, 1.165) is 5.56 Å². The van der Waals surface area contributed by atoms with E-state index in [1.807, 2.05) is 13.0 Å². The van der Waals surface area contributed by atoms with Gasteiger partial charge in [-0.3, -0.25) is 4.79 Å². The maximum absolute atomic E-state index is 12.8. The van der Waals surface area contributed by atoms with Crippen LogP contribution >= 0.6 is 23.2 Å². The quantitative estimate of drug-likeness (QED) is 0.585. The molecule has 1 heterocycles. The minimum atomic E-state index is -1.32. The maximum atomic E-state index is 12.8. The molecule has 8 heteroatoms. The first kappa shape index (κ1) is 21.2. The maximum Gasteiger partial charge on any atom is 0.341 e. The van der Waals surface area contributed by atoms with E-state index in [-0.39, 0.29) is 24.1 Å². The van der Waals surface area contributed by atoms with Crippen LogP contribution in [0.5, 0.6) is 5.75 Å². The van der Waals surface area contributed by atoms with E-state index in [1.165, 1.54) is 6.20 Å². The Morgan fingerprint density at radius 3 is 2.62 bits per heavy atom. The number of aliphatic hydroxyl groups is 1. The molecular weight excluding hydrogens is 417 g/mol. The summed E-state index contributed by atoms with van der Waals surface area (Å²) in [5.74, 6) is -0.776. The Hall–Kier alpha value is -2.54. The fourth-order valence-corrected chi connectivity index (χ4v) is 3.61. The Balaban J connectivity index is 2.27. The van der Waals surface area contributed by atoms with Gasteiger partial charge in [-0.15, -0.1) is 0 Å². The van der Waals surface area contributed by atoms with Crippen LogP contribution in [0.4, 0.5) is 0 Å². The van der Waals surface area contributed by atoms with Gasteiger partial charge in [0.2, 0.25) is 5.43 Å². The number of aliphatic hydroxyl groups excluding tert-OH is 1. The van der Waals surface area contributed by atoms with Gasteiger partial charge in [0.05, 0.1) is 28.8 Å². The van der Waals surface area contributed by atoms with E-state index in [2.05, 4.69) is 0 Å². The van der Waals surface area contributed by atoms with Gasteiger partial charge in [0, 0.05) is 30.6 Å². The van der Waals surface area contributed by atoms with E-state index in [0.29, 0.717) is 39.9 Å². The average Bonchev–Trinajstić information content (AvgIpc) is 2.68. The summed E-state index contributed by atoms with van der Waals surface area (Å²) in [7, 11) is 0. The summed E-state index contributed by atoms with van der Waals surface area (Å²) in [6.07, 6.45) is 1.59. The number of pyridine rings is 1. The Morgan fingerprint density at radius 1 is 1.21 bits per heavy atom. The second-order valence-corrected chi connectivity index (χ2v) is 7.18. The normalized spacial score (nSPS) is 11.0. The molecule has 29 heavy (non-hydrogen) atoms. The van der Waals surface area contributed by atoms with Gasteiger partial charge in [0.15, 0.2) is 0 Å². The molecule has 0 amide bonds. The predicted molar refractivity (Wildman–Crippen MR) is 113 cm³/mol. The van der Waals surface area contributed by atoms with E-state index < -0.39 is 11.4 Å². The summed E-state index contributed by atoms with van der Waals surface area (Å²) >= 11 is 12.4. The van der Waals surface area contributed by atoms with Crippen LogP contribution in [0.3, 0.4) is 0 Å². The van der Waals surface area contributed by atoms with E-state index in [9.17, 15) is 19.8 Å². The fourth-order valence-electron chi connectivity index (χ4n) is 3.23. The molecule has 3 rings (SSSR count). The van der Waals surface area contributed by atoms with Crippen molar-refractivity contribution in [2.45, 2.75) is 19.9 Å². The van der Waals surface area contributed by atoms with Crippen molar-refractivity contribution in [2.75, 3.05) is 13.2 Å². The number of nitrogens with zero attached hydrogens (tertiary/aromatic N) is 1. The Labute approximate surface area is 176 Å². The van der Waals surface area contributed by atoms with Crippen LogP contribution in [0.15, 0.2) is 41.3 Å². The highest BCUT2D eigenvalue weighted by atomic mass is 35.5. The standard InChI is InChI=1S/C21H19Cl2NO5/c1-2-29-18-10-17-14(20(26)15(21(27)28)11-24(17)6-7-25)9-13(18)8-12-4-3-5-16(22)19(12)23/h3-5,9-11,25H,2,6-8H2,1H3,(H,27,28). The molecule has 0 bridgehead atoms. The third-order valence-electron chi connectivity index (χ3n) is 4.55. The lowest BCUT2D eigenvalue weighted by atomic mass is 10.0. The molecule has 0 atom stereocenters. The van der Waals surface area contributed by atoms with Gasteiger partial charge in [-0.25, -0.2) is 4.79 Å². The van der Waals surface area contributed by atoms with Crippen LogP contribution in [-0.4, -0.2) is 34.0 Å². The minimum absolute atomic E-state index is 0.141. The third kappa shape index (κ3) is 4.24. The SMILES string of the molecule is CCOc1cc2c(cc1Cc1cccc(Cl)c1Cl)c(=O)c(C(=O)O)cn2CCO. The summed E-state index contributed by atoms with van der Waals surface area (Å²) in [5, 5.41) is 19.8. The third-order valence-corrected chi connectivity index (χ3v) is 5.40. The number of hydrogen-bond acceptors (Lipinski definition) is 4. The number of halogens is 2. The molecule has 0 saturated carbocycles. The molecule has 6 nitrogen and oxygen atoms in total. The number of aromatic carboxylic acids is 1. The topological polar surface area (TPSA) is 88.8 Å². The van der Waals surface area contributed by atoms with Gasteiger partial charge in [0.1, 0.15) is 11.3 Å². The number of rotatable bonds is 7. The number of carboxylic acid groups (broad SMARTS) is 1. The molecule has 1 aromatic heterocycles. The number of hydrogen-bond donors (Lipinski definition) is 2. The summed E-state index contributed by atoms with van der Waals surface area (Å²) in [6, 6.07) is 8.60. The van der Waals surface area contributed by atoms with Crippen molar-refractivity contribution < 1.29 is 19.7 Å². The van der Waals surface area contributed by atoms with Crippen molar-refractivity contribution in [3.63, 3.8) is 0 Å². The van der Waals surface area contributed by atoms with Crippen LogP contribution < -0.4 is 10.2 Å². The number of carbonyl (C=O) groups is 1. The van der Waals surface area contributed by atoms with Crippen LogP contribution in [0.2, 0.25) is 10.0 Å². The first-order valence-electron chi connectivity index (χ1n) is 8.97. The number of carboxylic acids is 1. The van der Waals surface area contributed by atoms with Crippen molar-refractivity contribution in [1.82, 2.24) is 4.57 Å². The first-order chi connectivity index (χ1) is 13.9. The summed E-state index contributed by atoms with van der Waals surface area (Å²) in [5.41, 5.74) is 0.965. The van der Waals surface area contributed by atoms with Gasteiger partial charge in [-0.1, -0.05) is 35.3 Å². The highest BCUT2D eigenvalue weighted by Crippen LogP contribution is 2.32. The molecule has 0 aliphatic carbocycles. The Kier molecular flexibility index (Phi) is 6.47. The van der Waals surface area contributed by atoms with Crippen LogP contribution in [0.25, 0.3) is 10.9 Å². The van der Waals surface area contributed by atoms with Crippen molar-refractivity contribution in [2.24, 2.45) is 0 Å². The lowest BCUT2D eigenvalue weighted by molar-refractivity contribution is 0.0694. The van der Waals surface area contributed by atoms with Crippen molar-refractivity contribution in [3.05, 3.63) is 73.5 Å². The van der Waals surface area contributed by atoms with Gasteiger partial charge >= 0.3 is 5.97 Å².